The molecule has 2 rings (SSSR count). The van der Waals surface area contributed by atoms with E-state index in [1.807, 2.05) is 35.8 Å². The third-order valence-electron chi connectivity index (χ3n) is 3.57. The summed E-state index contributed by atoms with van der Waals surface area (Å²) in [5.41, 5.74) is 1.50. The summed E-state index contributed by atoms with van der Waals surface area (Å²) < 4.78 is 13.9. The van der Waals surface area contributed by atoms with Gasteiger partial charge < -0.3 is 14.0 Å². The van der Waals surface area contributed by atoms with E-state index >= 15 is 0 Å². The quantitative estimate of drug-likeness (QED) is 0.379. The SMILES string of the molecule is CCOC(=O)c1cc2ccc(Br)cc2n1COCC[Si](C)(C)C. The molecule has 6 heteroatoms. The number of esters is 1. The van der Waals surface area contributed by atoms with Crippen LogP contribution >= 0.6 is 15.9 Å². The minimum Gasteiger partial charge on any atom is -0.461 e. The van der Waals surface area contributed by atoms with Crippen LogP contribution in [0, 0.1) is 0 Å². The Bertz CT molecular complexity index is 691. The van der Waals surface area contributed by atoms with Crippen molar-refractivity contribution < 1.29 is 14.3 Å². The van der Waals surface area contributed by atoms with Crippen LogP contribution in [0.5, 0.6) is 0 Å². The largest absolute Gasteiger partial charge is 0.461 e. The average Bonchev–Trinajstić information content (AvgIpc) is 2.81. The lowest BCUT2D eigenvalue weighted by atomic mass is 10.2. The normalized spacial score (nSPS) is 11.9. The summed E-state index contributed by atoms with van der Waals surface area (Å²) in [6, 6.07) is 8.92. The van der Waals surface area contributed by atoms with Crippen LogP contribution in [0.1, 0.15) is 17.4 Å². The molecule has 1 aromatic carbocycles. The van der Waals surface area contributed by atoms with E-state index in [0.29, 0.717) is 25.6 Å². The maximum absolute atomic E-state index is 12.2. The second-order valence-corrected chi connectivity index (χ2v) is 13.3. The van der Waals surface area contributed by atoms with Gasteiger partial charge in [0.05, 0.1) is 12.1 Å². The van der Waals surface area contributed by atoms with Crippen molar-refractivity contribution in [2.75, 3.05) is 13.2 Å². The molecule has 0 aliphatic rings. The van der Waals surface area contributed by atoms with Gasteiger partial charge in [0.2, 0.25) is 0 Å². The Kier molecular flexibility index (Phi) is 6.05. The molecule has 2 aromatic rings. The Morgan fingerprint density at radius 2 is 2.00 bits per heavy atom. The Morgan fingerprint density at radius 3 is 2.65 bits per heavy atom. The van der Waals surface area contributed by atoms with Crippen molar-refractivity contribution in [3.63, 3.8) is 0 Å². The molecule has 1 aromatic heterocycles. The molecule has 0 fully saturated rings. The van der Waals surface area contributed by atoms with Crippen molar-refractivity contribution in [2.45, 2.75) is 39.3 Å². The Morgan fingerprint density at radius 1 is 1.26 bits per heavy atom. The third kappa shape index (κ3) is 4.93. The van der Waals surface area contributed by atoms with Crippen molar-refractivity contribution in [3.8, 4) is 0 Å². The van der Waals surface area contributed by atoms with Crippen LogP contribution in [-0.4, -0.2) is 31.8 Å². The molecule has 0 unspecified atom stereocenters. The fourth-order valence-electron chi connectivity index (χ4n) is 2.28. The highest BCUT2D eigenvalue weighted by Gasteiger charge is 2.17. The van der Waals surface area contributed by atoms with Gasteiger partial charge in [0, 0.05) is 24.5 Å². The van der Waals surface area contributed by atoms with E-state index in [0.717, 1.165) is 21.4 Å². The number of carbonyl (C=O) groups excluding carboxylic acids is 1. The number of carbonyl (C=O) groups is 1. The summed E-state index contributed by atoms with van der Waals surface area (Å²) in [5, 5.41) is 1.00. The molecule has 126 valence electrons. The lowest BCUT2D eigenvalue weighted by molar-refractivity contribution is 0.0478. The highest BCUT2D eigenvalue weighted by Crippen LogP contribution is 2.24. The van der Waals surface area contributed by atoms with Crippen LogP contribution in [0.3, 0.4) is 0 Å². The van der Waals surface area contributed by atoms with Crippen molar-refractivity contribution >= 4 is 40.9 Å². The average molecular weight is 398 g/mol. The van der Waals surface area contributed by atoms with Crippen LogP contribution in [0.2, 0.25) is 25.7 Å². The monoisotopic (exact) mass is 397 g/mol. The molecule has 0 aliphatic heterocycles. The van der Waals surface area contributed by atoms with Crippen LogP contribution in [0.4, 0.5) is 0 Å². The summed E-state index contributed by atoms with van der Waals surface area (Å²) in [7, 11) is -1.12. The zero-order valence-electron chi connectivity index (χ0n) is 14.2. The smallest absolute Gasteiger partial charge is 0.355 e. The van der Waals surface area contributed by atoms with Gasteiger partial charge in [-0.05, 0) is 31.2 Å². The number of ether oxygens (including phenoxy) is 2. The van der Waals surface area contributed by atoms with E-state index < -0.39 is 8.07 Å². The van der Waals surface area contributed by atoms with Gasteiger partial charge in [-0.2, -0.15) is 0 Å². The fourth-order valence-corrected chi connectivity index (χ4v) is 3.38. The van der Waals surface area contributed by atoms with Gasteiger partial charge in [-0.3, -0.25) is 0 Å². The first-order valence-electron chi connectivity index (χ1n) is 7.85. The Labute approximate surface area is 146 Å². The van der Waals surface area contributed by atoms with E-state index in [1.54, 1.807) is 0 Å². The van der Waals surface area contributed by atoms with Crippen molar-refractivity contribution in [1.29, 1.82) is 0 Å². The van der Waals surface area contributed by atoms with Gasteiger partial charge in [-0.15, -0.1) is 0 Å². The van der Waals surface area contributed by atoms with Crippen LogP contribution in [-0.2, 0) is 16.2 Å². The van der Waals surface area contributed by atoms with Crippen molar-refractivity contribution in [1.82, 2.24) is 4.57 Å². The summed E-state index contributed by atoms with van der Waals surface area (Å²) >= 11 is 3.49. The molecular weight excluding hydrogens is 374 g/mol. The first-order valence-corrected chi connectivity index (χ1v) is 12.4. The fraction of sp³-hybridized carbons (Fsp3) is 0.471. The maximum atomic E-state index is 12.2. The van der Waals surface area contributed by atoms with E-state index in [-0.39, 0.29) is 5.97 Å². The molecule has 0 N–H and O–H groups in total. The number of hydrogen-bond donors (Lipinski definition) is 0. The van der Waals surface area contributed by atoms with Gasteiger partial charge in [0.1, 0.15) is 12.4 Å². The number of benzene rings is 1. The molecule has 4 nitrogen and oxygen atoms in total. The van der Waals surface area contributed by atoms with Crippen molar-refractivity contribution in [3.05, 3.63) is 34.4 Å². The zero-order chi connectivity index (χ0) is 17.0. The van der Waals surface area contributed by atoms with E-state index in [4.69, 9.17) is 9.47 Å². The minimum absolute atomic E-state index is 0.311. The van der Waals surface area contributed by atoms with Gasteiger partial charge in [0.25, 0.3) is 0 Å². The Balaban J connectivity index is 2.25. The highest BCUT2D eigenvalue weighted by molar-refractivity contribution is 9.10. The number of aromatic nitrogens is 1. The first kappa shape index (κ1) is 18.2. The number of fused-ring (bicyclic) bond motifs is 1. The molecular formula is C17H24BrNO3Si. The van der Waals surface area contributed by atoms with E-state index in [9.17, 15) is 4.79 Å². The lowest BCUT2D eigenvalue weighted by Gasteiger charge is -2.16. The third-order valence-corrected chi connectivity index (χ3v) is 5.77. The predicted molar refractivity (Wildman–Crippen MR) is 99.7 cm³/mol. The minimum atomic E-state index is -1.12. The van der Waals surface area contributed by atoms with E-state index in [2.05, 4.69) is 35.6 Å². The number of halogens is 1. The second kappa shape index (κ2) is 7.64. The van der Waals surface area contributed by atoms with Gasteiger partial charge in [-0.25, -0.2) is 4.79 Å². The summed E-state index contributed by atoms with van der Waals surface area (Å²) in [5.74, 6) is -0.311. The highest BCUT2D eigenvalue weighted by atomic mass is 79.9. The number of rotatable bonds is 7. The van der Waals surface area contributed by atoms with E-state index in [1.165, 1.54) is 0 Å². The number of nitrogens with zero attached hydrogens (tertiary/aromatic N) is 1. The Hall–Kier alpha value is -1.11. The molecule has 23 heavy (non-hydrogen) atoms. The molecule has 0 atom stereocenters. The molecule has 0 bridgehead atoms. The van der Waals surface area contributed by atoms with Crippen molar-refractivity contribution in [2.24, 2.45) is 0 Å². The summed E-state index contributed by atoms with van der Waals surface area (Å²) in [6.07, 6.45) is 0. The molecule has 1 heterocycles. The standard InChI is InChI=1S/C17H24BrNO3Si/c1-5-22-17(20)16-10-13-6-7-14(18)11-15(13)19(16)12-21-8-9-23(2,3)4/h6-7,10-11H,5,8-9,12H2,1-4H3. The van der Waals surface area contributed by atoms with Gasteiger partial charge in [-0.1, -0.05) is 41.6 Å². The molecule has 0 saturated carbocycles. The van der Waals surface area contributed by atoms with Gasteiger partial charge in [0.15, 0.2) is 0 Å². The molecule has 0 radical (unpaired) electrons. The second-order valence-electron chi connectivity index (χ2n) is 6.73. The number of hydrogen-bond acceptors (Lipinski definition) is 3. The summed E-state index contributed by atoms with van der Waals surface area (Å²) in [6.45, 7) is 10.2. The molecule has 0 spiro atoms. The first-order chi connectivity index (χ1) is 10.8. The zero-order valence-corrected chi connectivity index (χ0v) is 16.8. The molecule has 0 aliphatic carbocycles. The lowest BCUT2D eigenvalue weighted by Crippen LogP contribution is -2.22. The van der Waals surface area contributed by atoms with Crippen LogP contribution < -0.4 is 0 Å². The topological polar surface area (TPSA) is 40.5 Å². The maximum Gasteiger partial charge on any atom is 0.355 e. The summed E-state index contributed by atoms with van der Waals surface area (Å²) in [4.78, 5) is 12.2. The molecule has 0 saturated heterocycles. The van der Waals surface area contributed by atoms with Crippen LogP contribution in [0.15, 0.2) is 28.7 Å². The van der Waals surface area contributed by atoms with Gasteiger partial charge >= 0.3 is 5.97 Å². The van der Waals surface area contributed by atoms with Crippen LogP contribution in [0.25, 0.3) is 10.9 Å². The predicted octanol–water partition coefficient (Wildman–Crippen LogP) is 4.89. The molecule has 0 amide bonds.